The molecule has 18 heavy (non-hydrogen) atoms. The number of β-amino-alcohol motifs (C(OH)–C–C–N with tert-alkyl or cyclic N) is 1. The van der Waals surface area contributed by atoms with Crippen LogP contribution in [0.4, 0.5) is 18.9 Å². The Labute approximate surface area is 103 Å². The minimum atomic E-state index is -4.40. The Hall–Kier alpha value is -1.43. The number of anilines is 1. The SMILES string of the molecule is COc1cc(N2CCC(O)C2)cc(C(F)(F)F)c1. The average Bonchev–Trinajstić information content (AvgIpc) is 2.74. The van der Waals surface area contributed by atoms with Gasteiger partial charge in [0.15, 0.2) is 0 Å². The fourth-order valence-corrected chi connectivity index (χ4v) is 2.02. The van der Waals surface area contributed by atoms with Crippen molar-refractivity contribution in [2.24, 2.45) is 0 Å². The highest BCUT2D eigenvalue weighted by atomic mass is 19.4. The minimum Gasteiger partial charge on any atom is -0.497 e. The molecule has 1 fully saturated rings. The van der Waals surface area contributed by atoms with Crippen LogP contribution in [0.1, 0.15) is 12.0 Å². The van der Waals surface area contributed by atoms with Gasteiger partial charge in [-0.3, -0.25) is 0 Å². The molecule has 0 amide bonds. The highest BCUT2D eigenvalue weighted by Gasteiger charge is 2.32. The summed E-state index contributed by atoms with van der Waals surface area (Å²) in [4.78, 5) is 1.72. The van der Waals surface area contributed by atoms with E-state index in [4.69, 9.17) is 4.74 Å². The second-order valence-electron chi connectivity index (χ2n) is 4.31. The molecule has 2 rings (SSSR count). The molecule has 0 aliphatic carbocycles. The first kappa shape index (κ1) is 13.0. The molecule has 0 saturated carbocycles. The molecular weight excluding hydrogens is 247 g/mol. The van der Waals surface area contributed by atoms with Gasteiger partial charge in [0.25, 0.3) is 0 Å². The van der Waals surface area contributed by atoms with Gasteiger partial charge in [-0.15, -0.1) is 0 Å². The number of hydrogen-bond donors (Lipinski definition) is 1. The molecule has 1 unspecified atom stereocenters. The van der Waals surface area contributed by atoms with Gasteiger partial charge in [0, 0.05) is 24.8 Å². The lowest BCUT2D eigenvalue weighted by atomic mass is 10.1. The van der Waals surface area contributed by atoms with Gasteiger partial charge in [-0.1, -0.05) is 0 Å². The van der Waals surface area contributed by atoms with Crippen molar-refractivity contribution < 1.29 is 23.0 Å². The summed E-state index contributed by atoms with van der Waals surface area (Å²) in [6.45, 7) is 0.899. The molecule has 6 heteroatoms. The van der Waals surface area contributed by atoms with Gasteiger partial charge < -0.3 is 14.7 Å². The van der Waals surface area contributed by atoms with Crippen molar-refractivity contribution in [2.45, 2.75) is 18.7 Å². The lowest BCUT2D eigenvalue weighted by molar-refractivity contribution is -0.137. The maximum absolute atomic E-state index is 12.7. The molecule has 0 aromatic heterocycles. The van der Waals surface area contributed by atoms with Gasteiger partial charge in [0.2, 0.25) is 0 Å². The third kappa shape index (κ3) is 2.69. The third-order valence-corrected chi connectivity index (χ3v) is 2.98. The summed E-state index contributed by atoms with van der Waals surface area (Å²) in [6.07, 6.45) is -4.31. The highest BCUT2D eigenvalue weighted by Crippen LogP contribution is 2.35. The van der Waals surface area contributed by atoms with Crippen molar-refractivity contribution in [1.29, 1.82) is 0 Å². The van der Waals surface area contributed by atoms with E-state index < -0.39 is 17.8 Å². The summed E-state index contributed by atoms with van der Waals surface area (Å²) in [5.41, 5.74) is -0.309. The van der Waals surface area contributed by atoms with Gasteiger partial charge in [-0.2, -0.15) is 13.2 Å². The smallest absolute Gasteiger partial charge is 0.416 e. The largest absolute Gasteiger partial charge is 0.497 e. The summed E-state index contributed by atoms with van der Waals surface area (Å²) in [7, 11) is 1.33. The number of alkyl halides is 3. The van der Waals surface area contributed by atoms with Gasteiger partial charge in [-0.25, -0.2) is 0 Å². The number of benzene rings is 1. The van der Waals surface area contributed by atoms with Crippen LogP contribution in [0.25, 0.3) is 0 Å². The zero-order valence-electron chi connectivity index (χ0n) is 9.87. The Kier molecular flexibility index (Phi) is 3.38. The molecule has 1 saturated heterocycles. The summed E-state index contributed by atoms with van der Waals surface area (Å²) in [5, 5.41) is 9.42. The number of aliphatic hydroxyl groups is 1. The monoisotopic (exact) mass is 261 g/mol. The molecule has 1 N–H and O–H groups in total. The van der Waals surface area contributed by atoms with E-state index in [-0.39, 0.29) is 5.75 Å². The molecule has 0 bridgehead atoms. The van der Waals surface area contributed by atoms with Crippen molar-refractivity contribution >= 4 is 5.69 Å². The standard InChI is InChI=1S/C12H14F3NO2/c1-18-11-5-8(12(13,14)15)4-9(6-11)16-3-2-10(17)7-16/h4-6,10,17H,2-3,7H2,1H3. The molecule has 3 nitrogen and oxygen atoms in total. The molecule has 0 radical (unpaired) electrons. The molecule has 1 aliphatic rings. The predicted molar refractivity (Wildman–Crippen MR) is 60.8 cm³/mol. The van der Waals surface area contributed by atoms with Crippen LogP contribution >= 0.6 is 0 Å². The lowest BCUT2D eigenvalue weighted by Gasteiger charge is -2.20. The van der Waals surface area contributed by atoms with E-state index in [1.165, 1.54) is 7.11 Å². The van der Waals surface area contributed by atoms with Crippen molar-refractivity contribution in [2.75, 3.05) is 25.1 Å². The zero-order chi connectivity index (χ0) is 13.3. The first-order chi connectivity index (χ1) is 8.40. The van der Waals surface area contributed by atoms with E-state index in [2.05, 4.69) is 0 Å². The number of halogens is 3. The van der Waals surface area contributed by atoms with E-state index in [9.17, 15) is 18.3 Å². The zero-order valence-corrected chi connectivity index (χ0v) is 9.87. The Morgan fingerprint density at radius 1 is 1.33 bits per heavy atom. The van der Waals surface area contributed by atoms with Crippen LogP contribution in [-0.4, -0.2) is 31.4 Å². The summed E-state index contributed by atoms with van der Waals surface area (Å²) in [6, 6.07) is 3.60. The van der Waals surface area contributed by atoms with Crippen LogP contribution in [0.15, 0.2) is 18.2 Å². The van der Waals surface area contributed by atoms with E-state index in [1.807, 2.05) is 0 Å². The summed E-state index contributed by atoms with van der Waals surface area (Å²) in [5.74, 6) is 0.168. The fraction of sp³-hybridized carbons (Fsp3) is 0.500. The lowest BCUT2D eigenvalue weighted by Crippen LogP contribution is -2.21. The van der Waals surface area contributed by atoms with Gasteiger partial charge in [-0.05, 0) is 18.6 Å². The molecule has 1 atom stereocenters. The molecule has 0 spiro atoms. The number of aliphatic hydroxyl groups excluding tert-OH is 1. The Bertz CT molecular complexity index is 434. The maximum Gasteiger partial charge on any atom is 0.416 e. The first-order valence-corrected chi connectivity index (χ1v) is 5.59. The molecule has 1 heterocycles. The number of methoxy groups -OCH3 is 1. The second-order valence-corrected chi connectivity index (χ2v) is 4.31. The molecule has 1 aromatic carbocycles. The van der Waals surface area contributed by atoms with Crippen molar-refractivity contribution in [1.82, 2.24) is 0 Å². The fourth-order valence-electron chi connectivity index (χ4n) is 2.02. The molecule has 100 valence electrons. The molecular formula is C12H14F3NO2. The van der Waals surface area contributed by atoms with Crippen molar-refractivity contribution in [3.63, 3.8) is 0 Å². The normalized spacial score (nSPS) is 20.3. The van der Waals surface area contributed by atoms with E-state index in [0.29, 0.717) is 25.2 Å². The van der Waals surface area contributed by atoms with Crippen LogP contribution in [0.3, 0.4) is 0 Å². The topological polar surface area (TPSA) is 32.7 Å². The van der Waals surface area contributed by atoms with Gasteiger partial charge in [0.1, 0.15) is 5.75 Å². The molecule has 1 aromatic rings. The number of nitrogens with zero attached hydrogens (tertiary/aromatic N) is 1. The highest BCUT2D eigenvalue weighted by molar-refractivity contribution is 5.55. The van der Waals surface area contributed by atoms with E-state index in [1.54, 1.807) is 11.0 Å². The third-order valence-electron chi connectivity index (χ3n) is 2.98. The van der Waals surface area contributed by atoms with E-state index >= 15 is 0 Å². The minimum absolute atomic E-state index is 0.168. The van der Waals surface area contributed by atoms with Crippen LogP contribution in [-0.2, 0) is 6.18 Å². The Morgan fingerprint density at radius 3 is 2.56 bits per heavy atom. The number of rotatable bonds is 2. The van der Waals surface area contributed by atoms with E-state index in [0.717, 1.165) is 12.1 Å². The first-order valence-electron chi connectivity index (χ1n) is 5.59. The number of hydrogen-bond acceptors (Lipinski definition) is 3. The summed E-state index contributed by atoms with van der Waals surface area (Å²) < 4.78 is 43.1. The Balaban J connectivity index is 2.35. The maximum atomic E-state index is 12.7. The van der Waals surface area contributed by atoms with Crippen LogP contribution in [0.5, 0.6) is 5.75 Å². The van der Waals surface area contributed by atoms with Gasteiger partial charge >= 0.3 is 6.18 Å². The second kappa shape index (κ2) is 4.68. The van der Waals surface area contributed by atoms with Crippen molar-refractivity contribution in [3.8, 4) is 5.75 Å². The average molecular weight is 261 g/mol. The van der Waals surface area contributed by atoms with Gasteiger partial charge in [0.05, 0.1) is 18.8 Å². The number of ether oxygens (including phenoxy) is 1. The Morgan fingerprint density at radius 2 is 2.06 bits per heavy atom. The van der Waals surface area contributed by atoms with Crippen molar-refractivity contribution in [3.05, 3.63) is 23.8 Å². The van der Waals surface area contributed by atoms with Crippen LogP contribution < -0.4 is 9.64 Å². The molecule has 1 aliphatic heterocycles. The quantitative estimate of drug-likeness (QED) is 0.886. The van der Waals surface area contributed by atoms with Crippen LogP contribution in [0, 0.1) is 0 Å². The van der Waals surface area contributed by atoms with Crippen LogP contribution in [0.2, 0.25) is 0 Å². The predicted octanol–water partition coefficient (Wildman–Crippen LogP) is 2.29. The summed E-state index contributed by atoms with van der Waals surface area (Å²) >= 11 is 0.